The summed E-state index contributed by atoms with van der Waals surface area (Å²) in [4.78, 5) is 28.3. The van der Waals surface area contributed by atoms with Crippen LogP contribution in [-0.2, 0) is 11.2 Å². The molecule has 2 N–H and O–H groups in total. The van der Waals surface area contributed by atoms with Gasteiger partial charge in [0.15, 0.2) is 0 Å². The summed E-state index contributed by atoms with van der Waals surface area (Å²) in [5.41, 5.74) is 3.34. The molecule has 158 valence electrons. The van der Waals surface area contributed by atoms with Crippen molar-refractivity contribution in [2.45, 2.75) is 19.4 Å². The summed E-state index contributed by atoms with van der Waals surface area (Å²) < 4.78 is 6.40. The molecule has 0 fully saturated rings. The van der Waals surface area contributed by atoms with Crippen LogP contribution in [0.3, 0.4) is 0 Å². The number of benzene rings is 2. The molecular formula is C24H24N4O3. The molecule has 31 heavy (non-hydrogen) atoms. The first-order valence-electron chi connectivity index (χ1n) is 10.1. The number of rotatable bonds is 7. The number of nitrogens with zero attached hydrogens (tertiary/aromatic N) is 2. The smallest absolute Gasteiger partial charge is 0.267 e. The van der Waals surface area contributed by atoms with Crippen molar-refractivity contribution < 1.29 is 9.53 Å². The number of methoxy groups -OCH3 is 1. The molecule has 1 atom stereocenters. The second-order valence-corrected chi connectivity index (χ2v) is 7.31. The molecule has 0 saturated heterocycles. The van der Waals surface area contributed by atoms with Crippen LogP contribution in [0.1, 0.15) is 18.5 Å². The van der Waals surface area contributed by atoms with Crippen LogP contribution in [0.25, 0.3) is 22.2 Å². The molecule has 0 aliphatic carbocycles. The minimum Gasteiger partial charge on any atom is -0.497 e. The Kier molecular flexibility index (Phi) is 5.84. The Bertz CT molecular complexity index is 1260. The third-order valence-corrected chi connectivity index (χ3v) is 5.33. The van der Waals surface area contributed by atoms with E-state index in [1.165, 1.54) is 10.7 Å². The summed E-state index contributed by atoms with van der Waals surface area (Å²) in [6.45, 7) is 2.14. The van der Waals surface area contributed by atoms with Crippen LogP contribution in [0.2, 0.25) is 0 Å². The lowest BCUT2D eigenvalue weighted by molar-refractivity contribution is -0.124. The summed E-state index contributed by atoms with van der Waals surface area (Å²) in [5, 5.41) is 8.48. The molecule has 4 rings (SSSR count). The number of hydrogen-bond acceptors (Lipinski definition) is 4. The SMILES string of the molecule is COc1ccc(-c2ccc(=O)n(C(C)C(=O)NCCc3c[nH]c4ccccc34)n2)cc1. The average molecular weight is 416 g/mol. The Hall–Kier alpha value is -3.87. The maximum atomic E-state index is 12.7. The molecule has 2 aromatic carbocycles. The van der Waals surface area contributed by atoms with Crippen molar-refractivity contribution in [1.29, 1.82) is 0 Å². The Morgan fingerprint density at radius 2 is 1.90 bits per heavy atom. The van der Waals surface area contributed by atoms with Crippen molar-refractivity contribution in [3.05, 3.63) is 82.8 Å². The summed E-state index contributed by atoms with van der Waals surface area (Å²) in [7, 11) is 1.60. The van der Waals surface area contributed by atoms with Crippen molar-refractivity contribution in [1.82, 2.24) is 20.1 Å². The maximum Gasteiger partial charge on any atom is 0.267 e. The van der Waals surface area contributed by atoms with E-state index in [-0.39, 0.29) is 11.5 Å². The van der Waals surface area contributed by atoms with Gasteiger partial charge in [0, 0.05) is 35.3 Å². The van der Waals surface area contributed by atoms with Crippen molar-refractivity contribution in [3.8, 4) is 17.0 Å². The largest absolute Gasteiger partial charge is 0.497 e. The third kappa shape index (κ3) is 4.35. The van der Waals surface area contributed by atoms with Gasteiger partial charge >= 0.3 is 0 Å². The van der Waals surface area contributed by atoms with Gasteiger partial charge in [0.1, 0.15) is 11.8 Å². The molecule has 4 aromatic rings. The first-order chi connectivity index (χ1) is 15.1. The third-order valence-electron chi connectivity index (χ3n) is 5.33. The number of carbonyl (C=O) groups excluding carboxylic acids is 1. The highest BCUT2D eigenvalue weighted by atomic mass is 16.5. The first kappa shape index (κ1) is 20.4. The number of ether oxygens (including phenoxy) is 1. The normalized spacial score (nSPS) is 11.9. The van der Waals surface area contributed by atoms with Gasteiger partial charge in [0.05, 0.1) is 12.8 Å². The van der Waals surface area contributed by atoms with Crippen LogP contribution in [-0.4, -0.2) is 34.3 Å². The van der Waals surface area contributed by atoms with E-state index in [1.54, 1.807) is 20.1 Å². The number of aromatic nitrogens is 3. The summed E-state index contributed by atoms with van der Waals surface area (Å²) in [6.07, 6.45) is 2.65. The van der Waals surface area contributed by atoms with Gasteiger partial charge in [-0.05, 0) is 55.3 Å². The minimum absolute atomic E-state index is 0.249. The molecular weight excluding hydrogens is 392 g/mol. The predicted molar refractivity (Wildman–Crippen MR) is 120 cm³/mol. The van der Waals surface area contributed by atoms with Crippen LogP contribution < -0.4 is 15.6 Å². The second-order valence-electron chi connectivity index (χ2n) is 7.31. The number of hydrogen-bond donors (Lipinski definition) is 2. The molecule has 0 saturated carbocycles. The molecule has 0 aliphatic heterocycles. The number of para-hydroxylation sites is 1. The summed E-state index contributed by atoms with van der Waals surface area (Å²) in [5.74, 6) is 0.487. The van der Waals surface area contributed by atoms with Crippen molar-refractivity contribution in [2.24, 2.45) is 0 Å². The van der Waals surface area contributed by atoms with Gasteiger partial charge in [-0.15, -0.1) is 0 Å². The molecule has 1 unspecified atom stereocenters. The molecule has 2 heterocycles. The Labute approximate surface area is 179 Å². The molecule has 0 aliphatic rings. The summed E-state index contributed by atoms with van der Waals surface area (Å²) in [6, 6.07) is 17.8. The highest BCUT2D eigenvalue weighted by Gasteiger charge is 2.18. The molecule has 2 aromatic heterocycles. The maximum absolute atomic E-state index is 12.7. The molecule has 0 bridgehead atoms. The van der Waals surface area contributed by atoms with E-state index in [1.807, 2.05) is 48.7 Å². The van der Waals surface area contributed by atoms with Crippen LogP contribution in [0.15, 0.2) is 71.7 Å². The van der Waals surface area contributed by atoms with E-state index in [0.717, 1.165) is 27.8 Å². The minimum atomic E-state index is -0.728. The highest BCUT2D eigenvalue weighted by Crippen LogP contribution is 2.20. The standard InChI is InChI=1S/C24H24N4O3/c1-16(24(30)25-14-13-18-15-26-22-6-4-3-5-20(18)22)28-23(29)12-11-21(27-28)17-7-9-19(31-2)10-8-17/h3-12,15-16,26H,13-14H2,1-2H3,(H,25,30). The Morgan fingerprint density at radius 1 is 1.13 bits per heavy atom. The van der Waals surface area contributed by atoms with Gasteiger partial charge in [-0.2, -0.15) is 5.10 Å². The highest BCUT2D eigenvalue weighted by molar-refractivity contribution is 5.83. The topological polar surface area (TPSA) is 89.0 Å². The van der Waals surface area contributed by atoms with Gasteiger partial charge in [-0.3, -0.25) is 9.59 Å². The van der Waals surface area contributed by atoms with Crippen LogP contribution in [0.5, 0.6) is 5.75 Å². The number of fused-ring (bicyclic) bond motifs is 1. The number of amides is 1. The van der Waals surface area contributed by atoms with Crippen molar-refractivity contribution in [2.75, 3.05) is 13.7 Å². The number of nitrogens with one attached hydrogen (secondary N) is 2. The van der Waals surface area contributed by atoms with Crippen LogP contribution >= 0.6 is 0 Å². The summed E-state index contributed by atoms with van der Waals surface area (Å²) >= 11 is 0. The van der Waals surface area contributed by atoms with Crippen LogP contribution in [0, 0.1) is 0 Å². The fourth-order valence-electron chi connectivity index (χ4n) is 3.54. The monoisotopic (exact) mass is 416 g/mol. The van der Waals surface area contributed by atoms with E-state index in [2.05, 4.69) is 21.5 Å². The zero-order valence-electron chi connectivity index (χ0n) is 17.5. The lowest BCUT2D eigenvalue weighted by Gasteiger charge is -2.15. The number of aromatic amines is 1. The number of H-pyrrole nitrogens is 1. The number of carbonyl (C=O) groups is 1. The predicted octanol–water partition coefficient (Wildman–Crippen LogP) is 3.32. The Morgan fingerprint density at radius 3 is 2.68 bits per heavy atom. The van der Waals surface area contributed by atoms with E-state index in [9.17, 15) is 9.59 Å². The average Bonchev–Trinajstić information content (AvgIpc) is 3.22. The zero-order valence-corrected chi connectivity index (χ0v) is 17.5. The van der Waals surface area contributed by atoms with E-state index < -0.39 is 6.04 Å². The Balaban J connectivity index is 1.44. The van der Waals surface area contributed by atoms with Gasteiger partial charge < -0.3 is 15.0 Å². The molecule has 7 heteroatoms. The molecule has 7 nitrogen and oxygen atoms in total. The van der Waals surface area contributed by atoms with Crippen LogP contribution in [0.4, 0.5) is 0 Å². The van der Waals surface area contributed by atoms with Gasteiger partial charge in [0.2, 0.25) is 5.91 Å². The molecule has 1 amide bonds. The fraction of sp³-hybridized carbons (Fsp3) is 0.208. The van der Waals surface area contributed by atoms with E-state index in [0.29, 0.717) is 18.7 Å². The lowest BCUT2D eigenvalue weighted by Crippen LogP contribution is -2.37. The zero-order chi connectivity index (χ0) is 21.8. The second kappa shape index (κ2) is 8.87. The van der Waals surface area contributed by atoms with Crippen molar-refractivity contribution >= 4 is 16.8 Å². The van der Waals surface area contributed by atoms with Gasteiger partial charge in [-0.25, -0.2) is 4.68 Å². The molecule has 0 spiro atoms. The quantitative estimate of drug-likeness (QED) is 0.484. The fourth-order valence-corrected chi connectivity index (χ4v) is 3.54. The molecule has 0 radical (unpaired) electrons. The van der Waals surface area contributed by atoms with E-state index >= 15 is 0 Å². The van der Waals surface area contributed by atoms with E-state index in [4.69, 9.17) is 4.74 Å². The van der Waals surface area contributed by atoms with Gasteiger partial charge in [-0.1, -0.05) is 18.2 Å². The first-order valence-corrected chi connectivity index (χ1v) is 10.1. The van der Waals surface area contributed by atoms with Crippen molar-refractivity contribution in [3.63, 3.8) is 0 Å². The lowest BCUT2D eigenvalue weighted by atomic mass is 10.1. The van der Waals surface area contributed by atoms with Gasteiger partial charge in [0.25, 0.3) is 5.56 Å².